The Morgan fingerprint density at radius 3 is 2.39 bits per heavy atom. The Bertz CT molecular complexity index is 686. The Balaban J connectivity index is 2.03. The summed E-state index contributed by atoms with van der Waals surface area (Å²) in [5, 5.41) is 2.75. The van der Waals surface area contributed by atoms with E-state index >= 15 is 0 Å². The van der Waals surface area contributed by atoms with Crippen LogP contribution in [0.1, 0.15) is 31.9 Å². The molecule has 0 unspecified atom stereocenters. The maximum absolute atomic E-state index is 11.7. The van der Waals surface area contributed by atoms with Gasteiger partial charge in [-0.2, -0.15) is 0 Å². The molecule has 0 radical (unpaired) electrons. The topological polar surface area (TPSA) is 64.3 Å². The van der Waals surface area contributed by atoms with Crippen LogP contribution in [0, 0.1) is 6.92 Å². The number of aryl methyl sites for hydroxylation is 1. The molecule has 0 spiro atoms. The van der Waals surface area contributed by atoms with Crippen molar-refractivity contribution in [3.8, 4) is 11.1 Å². The van der Waals surface area contributed by atoms with Gasteiger partial charge in [-0.05, 0) is 62.1 Å². The highest BCUT2D eigenvalue weighted by molar-refractivity contribution is 5.71. The molecule has 0 aliphatic heterocycles. The third-order valence-electron chi connectivity index (χ3n) is 3.36. The predicted molar refractivity (Wildman–Crippen MR) is 94.1 cm³/mol. The van der Waals surface area contributed by atoms with Crippen molar-refractivity contribution in [3.63, 3.8) is 0 Å². The number of alkyl carbamates (subject to hydrolysis) is 1. The Morgan fingerprint density at radius 2 is 1.78 bits per heavy atom. The molecule has 0 bridgehead atoms. The highest BCUT2D eigenvalue weighted by Gasteiger charge is 2.15. The number of carbonyl (C=O) groups excluding carboxylic acids is 1. The van der Waals surface area contributed by atoms with E-state index < -0.39 is 11.7 Å². The number of nitrogen functional groups attached to an aromatic ring is 1. The van der Waals surface area contributed by atoms with Crippen LogP contribution in [0.3, 0.4) is 0 Å². The fourth-order valence-electron chi connectivity index (χ4n) is 2.24. The van der Waals surface area contributed by atoms with E-state index in [-0.39, 0.29) is 0 Å². The van der Waals surface area contributed by atoms with Crippen LogP contribution in [0.5, 0.6) is 0 Å². The maximum Gasteiger partial charge on any atom is 0.407 e. The largest absolute Gasteiger partial charge is 0.444 e. The third kappa shape index (κ3) is 5.02. The summed E-state index contributed by atoms with van der Waals surface area (Å²) >= 11 is 0. The molecule has 0 heterocycles. The van der Waals surface area contributed by atoms with Gasteiger partial charge < -0.3 is 15.8 Å². The molecule has 0 fully saturated rings. The van der Waals surface area contributed by atoms with E-state index in [1.165, 1.54) is 5.56 Å². The standard InChI is InChI=1S/C19H24N2O2/c1-13-5-10-16(20)11-17(13)15-8-6-14(7-9-15)12-21-18(22)23-19(2,3)4/h5-11H,12,20H2,1-4H3,(H,21,22). The van der Waals surface area contributed by atoms with Crippen LogP contribution in [0.2, 0.25) is 0 Å². The Labute approximate surface area is 137 Å². The molecule has 0 aromatic heterocycles. The summed E-state index contributed by atoms with van der Waals surface area (Å²) in [4.78, 5) is 11.7. The van der Waals surface area contributed by atoms with Crippen molar-refractivity contribution >= 4 is 11.8 Å². The number of hydrogen-bond acceptors (Lipinski definition) is 3. The van der Waals surface area contributed by atoms with Crippen molar-refractivity contribution in [3.05, 3.63) is 53.6 Å². The van der Waals surface area contributed by atoms with Crippen LogP contribution in [-0.2, 0) is 11.3 Å². The smallest absolute Gasteiger partial charge is 0.407 e. The number of rotatable bonds is 3. The SMILES string of the molecule is Cc1ccc(N)cc1-c1ccc(CNC(=O)OC(C)(C)C)cc1. The maximum atomic E-state index is 11.7. The normalized spacial score (nSPS) is 11.1. The van der Waals surface area contributed by atoms with Gasteiger partial charge >= 0.3 is 6.09 Å². The first-order chi connectivity index (χ1) is 10.7. The minimum absolute atomic E-state index is 0.409. The van der Waals surface area contributed by atoms with Gasteiger partial charge in [-0.1, -0.05) is 30.3 Å². The molecule has 2 aromatic carbocycles. The summed E-state index contributed by atoms with van der Waals surface area (Å²) < 4.78 is 5.22. The fourth-order valence-corrected chi connectivity index (χ4v) is 2.24. The van der Waals surface area contributed by atoms with Crippen LogP contribution in [-0.4, -0.2) is 11.7 Å². The average Bonchev–Trinajstić information content (AvgIpc) is 2.46. The molecule has 2 rings (SSSR count). The van der Waals surface area contributed by atoms with E-state index in [2.05, 4.69) is 12.2 Å². The van der Waals surface area contributed by atoms with Crippen LogP contribution in [0.25, 0.3) is 11.1 Å². The molecule has 0 atom stereocenters. The van der Waals surface area contributed by atoms with Gasteiger partial charge in [0, 0.05) is 12.2 Å². The molecule has 4 nitrogen and oxygen atoms in total. The lowest BCUT2D eigenvalue weighted by Gasteiger charge is -2.19. The van der Waals surface area contributed by atoms with E-state index in [0.29, 0.717) is 6.54 Å². The zero-order valence-corrected chi connectivity index (χ0v) is 14.1. The lowest BCUT2D eigenvalue weighted by atomic mass is 9.99. The number of hydrogen-bond donors (Lipinski definition) is 2. The summed E-state index contributed by atoms with van der Waals surface area (Å²) in [6, 6.07) is 14.0. The van der Waals surface area contributed by atoms with Crippen molar-refractivity contribution < 1.29 is 9.53 Å². The van der Waals surface area contributed by atoms with Gasteiger partial charge in [-0.25, -0.2) is 4.79 Å². The van der Waals surface area contributed by atoms with Gasteiger partial charge in [0.25, 0.3) is 0 Å². The summed E-state index contributed by atoms with van der Waals surface area (Å²) in [5.41, 5.74) is 10.6. The lowest BCUT2D eigenvalue weighted by molar-refractivity contribution is 0.0523. The summed E-state index contributed by atoms with van der Waals surface area (Å²) in [5.74, 6) is 0. The lowest BCUT2D eigenvalue weighted by Crippen LogP contribution is -2.32. The molecule has 122 valence electrons. The molecule has 0 aliphatic rings. The minimum atomic E-state index is -0.487. The van der Waals surface area contributed by atoms with Gasteiger partial charge in [-0.3, -0.25) is 0 Å². The van der Waals surface area contributed by atoms with Crippen molar-refractivity contribution in [2.45, 2.75) is 39.8 Å². The molecule has 23 heavy (non-hydrogen) atoms. The van der Waals surface area contributed by atoms with Crippen LogP contribution >= 0.6 is 0 Å². The number of anilines is 1. The second-order valence-electron chi connectivity index (χ2n) is 6.63. The first-order valence-corrected chi connectivity index (χ1v) is 7.67. The number of nitrogens with two attached hydrogens (primary N) is 1. The quantitative estimate of drug-likeness (QED) is 0.832. The van der Waals surface area contributed by atoms with Crippen molar-refractivity contribution in [1.29, 1.82) is 0 Å². The third-order valence-corrected chi connectivity index (χ3v) is 3.36. The molecule has 1 amide bonds. The van der Waals surface area contributed by atoms with Crippen LogP contribution < -0.4 is 11.1 Å². The zero-order valence-electron chi connectivity index (χ0n) is 14.1. The van der Waals surface area contributed by atoms with Crippen molar-refractivity contribution in [2.75, 3.05) is 5.73 Å². The zero-order chi connectivity index (χ0) is 17.0. The molecule has 0 aliphatic carbocycles. The van der Waals surface area contributed by atoms with E-state index in [4.69, 9.17) is 10.5 Å². The van der Waals surface area contributed by atoms with Crippen molar-refractivity contribution in [2.24, 2.45) is 0 Å². The van der Waals surface area contributed by atoms with Crippen LogP contribution in [0.4, 0.5) is 10.5 Å². The van der Waals surface area contributed by atoms with Crippen molar-refractivity contribution in [1.82, 2.24) is 5.32 Å². The van der Waals surface area contributed by atoms with Gasteiger partial charge in [-0.15, -0.1) is 0 Å². The Hall–Kier alpha value is -2.49. The molecule has 3 N–H and O–H groups in total. The molecule has 0 saturated carbocycles. The van der Waals surface area contributed by atoms with E-state index in [0.717, 1.165) is 22.4 Å². The number of benzene rings is 2. The Kier molecular flexibility index (Phi) is 4.94. The second-order valence-corrected chi connectivity index (χ2v) is 6.63. The van der Waals surface area contributed by atoms with Gasteiger partial charge in [0.15, 0.2) is 0 Å². The van der Waals surface area contributed by atoms with Gasteiger partial charge in [0.05, 0.1) is 0 Å². The number of ether oxygens (including phenoxy) is 1. The van der Waals surface area contributed by atoms with Gasteiger partial charge in [0.2, 0.25) is 0 Å². The summed E-state index contributed by atoms with van der Waals surface area (Å²) in [7, 11) is 0. The van der Waals surface area contributed by atoms with Crippen LogP contribution in [0.15, 0.2) is 42.5 Å². The highest BCUT2D eigenvalue weighted by Crippen LogP contribution is 2.25. The number of carbonyl (C=O) groups is 1. The minimum Gasteiger partial charge on any atom is -0.444 e. The number of nitrogens with one attached hydrogen (secondary N) is 1. The number of amides is 1. The first-order valence-electron chi connectivity index (χ1n) is 7.67. The summed E-state index contributed by atoms with van der Waals surface area (Å²) in [6.45, 7) is 8.03. The second kappa shape index (κ2) is 6.73. The predicted octanol–water partition coefficient (Wildman–Crippen LogP) is 4.27. The summed E-state index contributed by atoms with van der Waals surface area (Å²) in [6.07, 6.45) is -0.409. The molecular weight excluding hydrogens is 288 g/mol. The van der Waals surface area contributed by atoms with E-state index in [1.54, 1.807) is 0 Å². The first kappa shape index (κ1) is 16.9. The molecular formula is C19H24N2O2. The molecule has 0 saturated heterocycles. The monoisotopic (exact) mass is 312 g/mol. The molecule has 2 aromatic rings. The van der Waals surface area contributed by atoms with Gasteiger partial charge in [0.1, 0.15) is 5.60 Å². The fraction of sp³-hybridized carbons (Fsp3) is 0.316. The van der Waals surface area contributed by atoms with E-state index in [9.17, 15) is 4.79 Å². The Morgan fingerprint density at radius 1 is 1.13 bits per heavy atom. The molecule has 4 heteroatoms. The highest BCUT2D eigenvalue weighted by atomic mass is 16.6. The van der Waals surface area contributed by atoms with E-state index in [1.807, 2.05) is 63.2 Å². The average molecular weight is 312 g/mol.